The van der Waals surface area contributed by atoms with Crippen LogP contribution in [0.4, 0.5) is 0 Å². The average molecular weight is 855 g/mol. The number of benzene rings is 1. The zero-order chi connectivity index (χ0) is 40.1. The third-order valence-corrected chi connectivity index (χ3v) is 9.06. The number of cyclic esters (lactones) is 6. The number of rotatable bonds is 6. The van der Waals surface area contributed by atoms with Gasteiger partial charge in [-0.3, -0.25) is 29.3 Å². The quantitative estimate of drug-likeness (QED) is 0.130. The van der Waals surface area contributed by atoms with Crippen LogP contribution in [0, 0.1) is 16.0 Å². The fourth-order valence-corrected chi connectivity index (χ4v) is 5.59. The lowest BCUT2D eigenvalue weighted by Crippen LogP contribution is -2.18. The fraction of sp³-hybridized carbons (Fsp3) is 0.636. The summed E-state index contributed by atoms with van der Waals surface area (Å²) in [7, 11) is -3.17. The molecule has 54 heavy (non-hydrogen) atoms. The first-order valence-corrected chi connectivity index (χ1v) is 19.6. The number of hydrogen-bond donors (Lipinski definition) is 0. The maximum absolute atomic E-state index is 11.0. The van der Waals surface area contributed by atoms with Gasteiger partial charge in [-0.05, 0) is 18.9 Å². The number of ether oxygens (including phenoxy) is 8. The van der Waals surface area contributed by atoms with Crippen LogP contribution in [0.5, 0.6) is 0 Å². The van der Waals surface area contributed by atoms with E-state index in [1.807, 2.05) is 44.2 Å². The van der Waals surface area contributed by atoms with Gasteiger partial charge >= 0.3 is 35.8 Å². The van der Waals surface area contributed by atoms with E-state index in [9.17, 15) is 47.3 Å². The summed E-state index contributed by atoms with van der Waals surface area (Å²) in [5.74, 6) is -2.44. The summed E-state index contributed by atoms with van der Waals surface area (Å²) in [6.45, 7) is 6.91. The van der Waals surface area contributed by atoms with E-state index in [2.05, 4.69) is 39.6 Å². The Balaban J connectivity index is 0.000000229. The van der Waals surface area contributed by atoms with Crippen molar-refractivity contribution in [3.8, 4) is 0 Å². The van der Waals surface area contributed by atoms with Crippen LogP contribution in [0.25, 0.3) is 0 Å². The molecule has 7 rings (SSSR count). The molecule has 0 spiro atoms. The van der Waals surface area contributed by atoms with E-state index in [0.717, 1.165) is 12.0 Å². The first-order valence-electron chi connectivity index (χ1n) is 16.8. The van der Waals surface area contributed by atoms with Crippen LogP contribution >= 0.6 is 15.9 Å². The van der Waals surface area contributed by atoms with Crippen molar-refractivity contribution in [1.29, 1.82) is 0 Å². The Bertz CT molecular complexity index is 1520. The third kappa shape index (κ3) is 18.7. The molecule has 6 fully saturated rings. The van der Waals surface area contributed by atoms with E-state index in [-0.39, 0.29) is 59.9 Å². The molecule has 19 nitrogen and oxygen atoms in total. The molecule has 0 amide bonds. The number of carbonyl (C=O) groups is 6. The van der Waals surface area contributed by atoms with Crippen molar-refractivity contribution in [2.24, 2.45) is 5.92 Å². The van der Waals surface area contributed by atoms with Gasteiger partial charge in [-0.1, -0.05) is 53.2 Å². The number of alkyl halides is 1. The monoisotopic (exact) mass is 853 g/mol. The number of hydrogen-bond acceptors (Lipinski definition) is 18. The molecule has 0 radical (unpaired) electrons. The van der Waals surface area contributed by atoms with Crippen molar-refractivity contribution in [2.45, 2.75) is 75.6 Å². The minimum Gasteiger partial charge on any atom is -0.465 e. The van der Waals surface area contributed by atoms with Crippen molar-refractivity contribution in [3.63, 3.8) is 0 Å². The lowest BCUT2D eigenvalue weighted by atomic mass is 10.2. The molecule has 21 heteroatoms. The van der Waals surface area contributed by atoms with E-state index >= 15 is 0 Å². The molecule has 0 N–H and O–H groups in total. The minimum absolute atomic E-state index is 0.0417. The predicted octanol–water partition coefficient (Wildman–Crippen LogP) is 1.62. The second-order valence-corrected chi connectivity index (χ2v) is 15.1. The van der Waals surface area contributed by atoms with Crippen LogP contribution in [0.15, 0.2) is 30.3 Å². The minimum atomic E-state index is -3.17. The molecule has 6 aliphatic heterocycles. The van der Waals surface area contributed by atoms with Crippen molar-refractivity contribution < 1.29 is 80.0 Å². The maximum atomic E-state index is 11.0. The summed E-state index contributed by atoms with van der Waals surface area (Å²) in [6.07, 6.45) is 2.09. The lowest BCUT2D eigenvalue weighted by Gasteiger charge is -2.07. The number of esters is 6. The molecule has 6 heterocycles. The summed E-state index contributed by atoms with van der Waals surface area (Å²) in [5.41, 5.74) is 1.08. The van der Waals surface area contributed by atoms with Crippen molar-refractivity contribution in [2.75, 3.05) is 51.3 Å². The van der Waals surface area contributed by atoms with Gasteiger partial charge in [0.1, 0.15) is 13.0 Å². The van der Waals surface area contributed by atoms with Gasteiger partial charge in [-0.25, -0.2) is 18.0 Å². The van der Waals surface area contributed by atoms with E-state index in [0.29, 0.717) is 58.9 Å². The highest BCUT2D eigenvalue weighted by Crippen LogP contribution is 2.14. The molecule has 6 saturated heterocycles. The van der Waals surface area contributed by atoms with Crippen LogP contribution in [-0.2, 0) is 83.1 Å². The van der Waals surface area contributed by atoms with Gasteiger partial charge < -0.3 is 37.9 Å². The highest BCUT2D eigenvalue weighted by atomic mass is 79.9. The highest BCUT2D eigenvalue weighted by molar-refractivity contribution is 9.09. The summed E-state index contributed by atoms with van der Waals surface area (Å²) >= 11 is 3.23. The number of sulfone groups is 1. The van der Waals surface area contributed by atoms with Crippen molar-refractivity contribution in [3.05, 3.63) is 46.0 Å². The third-order valence-electron chi connectivity index (χ3n) is 7.32. The zero-order valence-corrected chi connectivity index (χ0v) is 32.2. The Morgan fingerprint density at radius 2 is 1.31 bits per heavy atom. The molecule has 0 bridgehead atoms. The van der Waals surface area contributed by atoms with Gasteiger partial charge in [0.15, 0.2) is 40.3 Å². The molecule has 0 aliphatic carbocycles. The van der Waals surface area contributed by atoms with Crippen LogP contribution in [0.2, 0.25) is 0 Å². The first kappa shape index (κ1) is 45.9. The molecular weight excluding hydrogens is 810 g/mol. The number of nitro groups is 1. The Hall–Kier alpha value is -4.21. The molecule has 0 aromatic heterocycles. The Morgan fingerprint density at radius 1 is 0.759 bits per heavy atom. The predicted molar refractivity (Wildman–Crippen MR) is 186 cm³/mol. The van der Waals surface area contributed by atoms with Gasteiger partial charge in [0.2, 0.25) is 0 Å². The normalized spacial score (nSPS) is 25.7. The molecule has 0 saturated carbocycles. The molecular formula is C33H44BrNO18S. The lowest BCUT2D eigenvalue weighted by molar-refractivity contribution is -0.519. The van der Waals surface area contributed by atoms with Crippen LogP contribution in [0.3, 0.4) is 0 Å². The van der Waals surface area contributed by atoms with Crippen molar-refractivity contribution in [1.82, 2.24) is 0 Å². The summed E-state index contributed by atoms with van der Waals surface area (Å²) in [6, 6.07) is 8.99. The van der Waals surface area contributed by atoms with Crippen LogP contribution in [0.1, 0.15) is 51.5 Å². The topological polar surface area (TPSA) is 254 Å². The summed E-state index contributed by atoms with van der Waals surface area (Å²) in [4.78, 5) is 72.2. The van der Waals surface area contributed by atoms with Gasteiger partial charge in [-0.2, -0.15) is 0 Å². The highest BCUT2D eigenvalue weighted by Gasteiger charge is 2.33. The smallest absolute Gasteiger partial charge is 0.335 e. The zero-order valence-electron chi connectivity index (χ0n) is 29.8. The molecule has 1 aromatic carbocycles. The van der Waals surface area contributed by atoms with Gasteiger partial charge in [0, 0.05) is 24.4 Å². The molecule has 5 atom stereocenters. The molecule has 6 aliphatic rings. The largest absolute Gasteiger partial charge is 0.465 e. The standard InChI is InChI=1S/C11H12O3.C6H10O3.C5H8O2.C4H5BrO2.C4H5NO4.C3H4O4S/c12-11-10(6-7-13-11)14-8-9-4-2-1-3-5-9;1-2-8-5-3-4-9-6(5)7;1-4-2-3-7-5(4)6;5-3-1-4(6)7-2-3;6-4-1-3(2-9-4)5(7)8;4-3-1-8(5,6)2-7-3/h1-5,10H,6-8H2;5H,2-4H2,1H3;4H,2-3H2,1H3;3H,1-2H2;3H,1-2H2;1-2H2. The van der Waals surface area contributed by atoms with Crippen molar-refractivity contribution >= 4 is 61.6 Å². The first-order chi connectivity index (χ1) is 25.6. The van der Waals surface area contributed by atoms with Gasteiger partial charge in [-0.15, -0.1) is 0 Å². The fourth-order valence-electron chi connectivity index (χ4n) is 4.36. The van der Waals surface area contributed by atoms with Crippen LogP contribution < -0.4 is 0 Å². The maximum Gasteiger partial charge on any atom is 0.335 e. The Labute approximate surface area is 319 Å². The number of nitrogens with zero attached hydrogens (tertiary/aromatic N) is 1. The van der Waals surface area contributed by atoms with Crippen LogP contribution in [-0.4, -0.2) is 124 Å². The number of halogens is 1. The summed E-state index contributed by atoms with van der Waals surface area (Å²) < 4.78 is 58.2. The Morgan fingerprint density at radius 3 is 1.61 bits per heavy atom. The summed E-state index contributed by atoms with van der Waals surface area (Å²) in [5, 5.41) is 9.92. The molecule has 1 aromatic rings. The second-order valence-electron chi connectivity index (χ2n) is 11.8. The van der Waals surface area contributed by atoms with E-state index in [4.69, 9.17) is 14.2 Å². The number of carbonyl (C=O) groups excluding carboxylic acids is 6. The molecule has 302 valence electrons. The van der Waals surface area contributed by atoms with E-state index in [1.54, 1.807) is 0 Å². The average Bonchev–Trinajstić information content (AvgIpc) is 4.00. The van der Waals surface area contributed by atoms with Gasteiger partial charge in [0.25, 0.3) is 6.04 Å². The van der Waals surface area contributed by atoms with Gasteiger partial charge in [0.05, 0.1) is 43.6 Å². The Kier molecular flexibility index (Phi) is 20.6. The SMILES string of the molecule is CC1CCOC1=O.CCOC1CCOC1=O.O=C1CC(Br)CO1.O=C1CC([N+](=O)[O-])CO1.O=C1CS(=O)(=O)CO1.O=C1OCCC1OCc1ccccc1. The van der Waals surface area contributed by atoms with E-state index < -0.39 is 44.4 Å². The molecule has 5 unspecified atom stereocenters. The van der Waals surface area contributed by atoms with E-state index in [1.165, 1.54) is 0 Å². The second kappa shape index (κ2) is 24.2.